The van der Waals surface area contributed by atoms with Crippen molar-refractivity contribution in [2.24, 2.45) is 7.05 Å². The molecule has 5 heteroatoms. The van der Waals surface area contributed by atoms with E-state index in [-0.39, 0.29) is 0 Å². The van der Waals surface area contributed by atoms with Crippen LogP contribution in [0.3, 0.4) is 0 Å². The lowest BCUT2D eigenvalue weighted by Gasteiger charge is -2.06. The van der Waals surface area contributed by atoms with Crippen molar-refractivity contribution in [2.45, 2.75) is 33.0 Å². The van der Waals surface area contributed by atoms with Crippen LogP contribution in [0.25, 0.3) is 0 Å². The molecule has 2 rings (SSSR count). The lowest BCUT2D eigenvalue weighted by atomic mass is 10.3. The van der Waals surface area contributed by atoms with E-state index in [1.54, 1.807) is 11.0 Å². The van der Waals surface area contributed by atoms with Gasteiger partial charge in [0.2, 0.25) is 0 Å². The fourth-order valence-corrected chi connectivity index (χ4v) is 1.64. The van der Waals surface area contributed by atoms with Crippen LogP contribution >= 0.6 is 0 Å². The van der Waals surface area contributed by atoms with E-state index < -0.39 is 0 Å². The van der Waals surface area contributed by atoms with E-state index >= 15 is 0 Å². The third-order valence-corrected chi connectivity index (χ3v) is 2.66. The molecule has 0 spiro atoms. The van der Waals surface area contributed by atoms with Crippen molar-refractivity contribution in [3.63, 3.8) is 0 Å². The summed E-state index contributed by atoms with van der Waals surface area (Å²) in [6, 6.07) is 2.64. The maximum Gasteiger partial charge on any atom is 0.146 e. The minimum atomic E-state index is 0.511. The number of rotatable bonds is 5. The molecule has 0 aliphatic heterocycles. The highest BCUT2D eigenvalue weighted by atomic mass is 15.3. The number of aromatic nitrogens is 4. The Kier molecular flexibility index (Phi) is 3.58. The van der Waals surface area contributed by atoms with Gasteiger partial charge in [-0.3, -0.25) is 4.68 Å². The Hall–Kier alpha value is -1.62. The summed E-state index contributed by atoms with van der Waals surface area (Å²) in [7, 11) is 1.91. The molecule has 0 radical (unpaired) electrons. The summed E-state index contributed by atoms with van der Waals surface area (Å²) in [5, 5.41) is 7.46. The van der Waals surface area contributed by atoms with Crippen molar-refractivity contribution in [1.82, 2.24) is 24.6 Å². The van der Waals surface area contributed by atoms with Crippen molar-refractivity contribution in [3.8, 4) is 0 Å². The van der Waals surface area contributed by atoms with Gasteiger partial charge in [0, 0.05) is 32.0 Å². The van der Waals surface area contributed by atoms with Crippen molar-refractivity contribution in [2.75, 3.05) is 0 Å². The van der Waals surface area contributed by atoms with Crippen LogP contribution in [0.5, 0.6) is 0 Å². The molecule has 0 atom stereocenters. The second-order valence-electron chi connectivity index (χ2n) is 4.53. The first-order valence-electron chi connectivity index (χ1n) is 5.86. The molecule has 92 valence electrons. The Labute approximate surface area is 101 Å². The number of nitrogens with one attached hydrogen (secondary N) is 1. The second kappa shape index (κ2) is 5.14. The lowest BCUT2D eigenvalue weighted by Crippen LogP contribution is -2.21. The average Bonchev–Trinajstić information content (AvgIpc) is 2.87. The van der Waals surface area contributed by atoms with Crippen LogP contribution in [0, 0.1) is 0 Å². The lowest BCUT2D eigenvalue weighted by molar-refractivity contribution is 0.587. The summed E-state index contributed by atoms with van der Waals surface area (Å²) in [5.74, 6) is 0.962. The predicted molar refractivity (Wildman–Crippen MR) is 66.5 cm³/mol. The minimum absolute atomic E-state index is 0.511. The molecule has 17 heavy (non-hydrogen) atoms. The summed E-state index contributed by atoms with van der Waals surface area (Å²) in [6.07, 6.45) is 5.80. The molecule has 2 aromatic heterocycles. The minimum Gasteiger partial charge on any atom is -0.346 e. The van der Waals surface area contributed by atoms with Gasteiger partial charge in [-0.25, -0.2) is 4.98 Å². The van der Waals surface area contributed by atoms with Crippen LogP contribution in [0.15, 0.2) is 24.8 Å². The van der Waals surface area contributed by atoms with Gasteiger partial charge in [0.25, 0.3) is 0 Å². The standard InChI is InChI=1S/C12H19N5/c1-10(2)13-6-11-4-5-17(7-11)8-12-14-9-15-16(12)3/h4-5,7,9-10,13H,6,8H2,1-3H3. The molecule has 0 saturated carbocycles. The summed E-state index contributed by atoms with van der Waals surface area (Å²) < 4.78 is 3.92. The highest BCUT2D eigenvalue weighted by Gasteiger charge is 2.03. The number of nitrogens with zero attached hydrogens (tertiary/aromatic N) is 4. The maximum absolute atomic E-state index is 4.21. The van der Waals surface area contributed by atoms with Gasteiger partial charge < -0.3 is 9.88 Å². The van der Waals surface area contributed by atoms with Crippen LogP contribution in [-0.4, -0.2) is 25.4 Å². The Bertz CT molecular complexity index is 469. The molecule has 0 unspecified atom stereocenters. The molecular weight excluding hydrogens is 214 g/mol. The molecular formula is C12H19N5. The fraction of sp³-hybridized carbons (Fsp3) is 0.500. The first-order valence-corrected chi connectivity index (χ1v) is 5.86. The number of aryl methyl sites for hydroxylation is 1. The average molecular weight is 233 g/mol. The van der Waals surface area contributed by atoms with E-state index in [1.165, 1.54) is 5.56 Å². The van der Waals surface area contributed by atoms with E-state index in [4.69, 9.17) is 0 Å². The van der Waals surface area contributed by atoms with E-state index in [9.17, 15) is 0 Å². The van der Waals surface area contributed by atoms with Gasteiger partial charge >= 0.3 is 0 Å². The van der Waals surface area contributed by atoms with Gasteiger partial charge in [-0.2, -0.15) is 5.10 Å². The molecule has 2 heterocycles. The second-order valence-corrected chi connectivity index (χ2v) is 4.53. The molecule has 0 aliphatic rings. The molecule has 0 amide bonds. The quantitative estimate of drug-likeness (QED) is 0.843. The third-order valence-electron chi connectivity index (χ3n) is 2.66. The van der Waals surface area contributed by atoms with Crippen LogP contribution in [0.2, 0.25) is 0 Å². The van der Waals surface area contributed by atoms with Crippen molar-refractivity contribution in [1.29, 1.82) is 0 Å². The monoisotopic (exact) mass is 233 g/mol. The van der Waals surface area contributed by atoms with Gasteiger partial charge in [-0.1, -0.05) is 13.8 Å². The Morgan fingerprint density at radius 2 is 2.24 bits per heavy atom. The zero-order chi connectivity index (χ0) is 12.3. The predicted octanol–water partition coefficient (Wildman–Crippen LogP) is 1.16. The number of hydrogen-bond acceptors (Lipinski definition) is 3. The smallest absolute Gasteiger partial charge is 0.146 e. The SMILES string of the molecule is CC(C)NCc1ccn(Cc2ncnn2C)c1. The molecule has 0 aliphatic carbocycles. The van der Waals surface area contributed by atoms with Gasteiger partial charge in [0.05, 0.1) is 6.54 Å². The van der Waals surface area contributed by atoms with Crippen molar-refractivity contribution in [3.05, 3.63) is 36.2 Å². The topological polar surface area (TPSA) is 47.7 Å². The summed E-state index contributed by atoms with van der Waals surface area (Å²) >= 11 is 0. The highest BCUT2D eigenvalue weighted by Crippen LogP contribution is 2.04. The van der Waals surface area contributed by atoms with Gasteiger partial charge in [-0.05, 0) is 11.6 Å². The van der Waals surface area contributed by atoms with Crippen LogP contribution in [0.1, 0.15) is 25.2 Å². The van der Waals surface area contributed by atoms with E-state index in [1.807, 2.05) is 7.05 Å². The zero-order valence-corrected chi connectivity index (χ0v) is 10.6. The molecule has 5 nitrogen and oxygen atoms in total. The van der Waals surface area contributed by atoms with Crippen LogP contribution in [0.4, 0.5) is 0 Å². The number of hydrogen-bond donors (Lipinski definition) is 1. The van der Waals surface area contributed by atoms with Gasteiger partial charge in [-0.15, -0.1) is 0 Å². The Morgan fingerprint density at radius 3 is 2.88 bits per heavy atom. The van der Waals surface area contributed by atoms with Crippen LogP contribution < -0.4 is 5.32 Å². The fourth-order valence-electron chi connectivity index (χ4n) is 1.64. The Balaban J connectivity index is 1.97. The van der Waals surface area contributed by atoms with E-state index in [2.05, 4.69) is 52.3 Å². The first kappa shape index (κ1) is 11.9. The van der Waals surface area contributed by atoms with Crippen molar-refractivity contribution >= 4 is 0 Å². The van der Waals surface area contributed by atoms with Gasteiger partial charge in [0.15, 0.2) is 0 Å². The summed E-state index contributed by atoms with van der Waals surface area (Å²) in [6.45, 7) is 5.97. The van der Waals surface area contributed by atoms with E-state index in [0.29, 0.717) is 6.04 Å². The Morgan fingerprint density at radius 1 is 1.41 bits per heavy atom. The van der Waals surface area contributed by atoms with Crippen LogP contribution in [-0.2, 0) is 20.1 Å². The molecule has 2 aromatic rings. The molecule has 1 N–H and O–H groups in total. The third kappa shape index (κ3) is 3.17. The summed E-state index contributed by atoms with van der Waals surface area (Å²) in [4.78, 5) is 4.21. The first-order chi connectivity index (χ1) is 8.15. The largest absolute Gasteiger partial charge is 0.346 e. The zero-order valence-electron chi connectivity index (χ0n) is 10.6. The van der Waals surface area contributed by atoms with E-state index in [0.717, 1.165) is 18.9 Å². The van der Waals surface area contributed by atoms with Crippen molar-refractivity contribution < 1.29 is 0 Å². The van der Waals surface area contributed by atoms with Gasteiger partial charge in [0.1, 0.15) is 12.2 Å². The summed E-state index contributed by atoms with van der Waals surface area (Å²) in [5.41, 5.74) is 1.29. The maximum atomic E-state index is 4.21. The molecule has 0 fully saturated rings. The highest BCUT2D eigenvalue weighted by molar-refractivity contribution is 5.11. The normalized spacial score (nSPS) is 11.3. The molecule has 0 bridgehead atoms. The molecule has 0 aromatic carbocycles. The molecule has 0 saturated heterocycles.